The van der Waals surface area contributed by atoms with Crippen LogP contribution in [0.15, 0.2) is 23.3 Å². The second kappa shape index (κ2) is 11.0. The quantitative estimate of drug-likeness (QED) is 0.367. The van der Waals surface area contributed by atoms with Crippen LogP contribution >= 0.6 is 46.7 Å². The zero-order valence-corrected chi connectivity index (χ0v) is 17.9. The van der Waals surface area contributed by atoms with Gasteiger partial charge in [-0.05, 0) is 31.9 Å². The van der Waals surface area contributed by atoms with E-state index in [1.807, 2.05) is 17.5 Å². The Morgan fingerprint density at radius 3 is 2.39 bits per heavy atom. The molecule has 2 rings (SSSR count). The van der Waals surface area contributed by atoms with Crippen LogP contribution in [0.5, 0.6) is 0 Å². The van der Waals surface area contributed by atoms with Crippen molar-refractivity contribution in [3.63, 3.8) is 0 Å². The molecule has 2 aromatic heterocycles. The molecule has 0 aliphatic rings. The molecule has 0 bridgehead atoms. The molecule has 0 saturated heterocycles. The topological polar surface area (TPSA) is 49.3 Å². The molecule has 0 fully saturated rings. The highest BCUT2D eigenvalue weighted by Gasteiger charge is 2.03. The van der Waals surface area contributed by atoms with E-state index in [9.17, 15) is 0 Å². The summed E-state index contributed by atoms with van der Waals surface area (Å²) in [5.41, 5.74) is 0. The van der Waals surface area contributed by atoms with Crippen molar-refractivity contribution in [3.05, 3.63) is 38.0 Å². The van der Waals surface area contributed by atoms with Crippen LogP contribution in [-0.4, -0.2) is 17.5 Å². The number of nitrogens with zero attached hydrogens (tertiary/aromatic N) is 2. The number of hydrogen-bond donors (Lipinski definition) is 2. The third-order valence-corrected chi connectivity index (χ3v) is 5.52. The molecule has 0 aromatic carbocycles. The van der Waals surface area contributed by atoms with E-state index in [1.54, 1.807) is 11.3 Å². The third-order valence-electron chi connectivity index (χ3n) is 3.16. The van der Waals surface area contributed by atoms with Gasteiger partial charge in [0.1, 0.15) is 5.01 Å². The largest absolute Gasteiger partial charge is 0.357 e. The van der Waals surface area contributed by atoms with Gasteiger partial charge in [-0.15, -0.1) is 46.7 Å². The highest BCUT2D eigenvalue weighted by Crippen LogP contribution is 2.17. The van der Waals surface area contributed by atoms with Gasteiger partial charge in [0, 0.05) is 27.4 Å². The summed E-state index contributed by atoms with van der Waals surface area (Å²) in [6.07, 6.45) is 4.10. The number of aryl methyl sites for hydroxylation is 2. The molecule has 0 atom stereocenters. The Morgan fingerprint density at radius 1 is 1.04 bits per heavy atom. The van der Waals surface area contributed by atoms with Gasteiger partial charge in [0.25, 0.3) is 0 Å². The highest BCUT2D eigenvalue weighted by molar-refractivity contribution is 14.0. The first-order valence-electron chi connectivity index (χ1n) is 7.78. The fourth-order valence-corrected chi connectivity index (χ4v) is 3.63. The standard InChI is InChI=1S/C16H24N4S2.HI/c1-4-12-7-8-14(21-12)10-19-16(17-6-3)20-11-15-18-9-13(5-2)22-15;/h7-9H,4-6,10-11H2,1-3H3,(H2,17,19,20);1H. The summed E-state index contributed by atoms with van der Waals surface area (Å²) in [6, 6.07) is 4.36. The summed E-state index contributed by atoms with van der Waals surface area (Å²) in [5, 5.41) is 7.75. The first-order valence-corrected chi connectivity index (χ1v) is 9.41. The molecule has 2 heterocycles. The fourth-order valence-electron chi connectivity index (χ4n) is 1.95. The lowest BCUT2D eigenvalue weighted by molar-refractivity contribution is 0.813. The molecule has 7 heteroatoms. The van der Waals surface area contributed by atoms with Crippen LogP contribution in [0.4, 0.5) is 0 Å². The molecule has 23 heavy (non-hydrogen) atoms. The normalized spacial score (nSPS) is 11.2. The molecule has 4 nitrogen and oxygen atoms in total. The third kappa shape index (κ3) is 6.76. The Hall–Kier alpha value is -0.670. The van der Waals surface area contributed by atoms with E-state index < -0.39 is 0 Å². The summed E-state index contributed by atoms with van der Waals surface area (Å²) in [6.45, 7) is 8.72. The van der Waals surface area contributed by atoms with Gasteiger partial charge < -0.3 is 10.6 Å². The van der Waals surface area contributed by atoms with Crippen molar-refractivity contribution in [1.82, 2.24) is 15.6 Å². The Balaban J connectivity index is 0.00000264. The van der Waals surface area contributed by atoms with E-state index in [1.165, 1.54) is 14.6 Å². The van der Waals surface area contributed by atoms with E-state index >= 15 is 0 Å². The number of thiazole rings is 1. The van der Waals surface area contributed by atoms with E-state index in [0.717, 1.165) is 43.4 Å². The molecular formula is C16H25IN4S2. The maximum Gasteiger partial charge on any atom is 0.191 e. The Morgan fingerprint density at radius 2 is 1.78 bits per heavy atom. The van der Waals surface area contributed by atoms with Crippen molar-refractivity contribution >= 4 is 52.6 Å². The lowest BCUT2D eigenvalue weighted by atomic mass is 10.4. The van der Waals surface area contributed by atoms with Gasteiger partial charge >= 0.3 is 0 Å². The van der Waals surface area contributed by atoms with Crippen LogP contribution < -0.4 is 10.6 Å². The molecule has 0 saturated carbocycles. The number of rotatable bonds is 7. The number of hydrogen-bond acceptors (Lipinski definition) is 4. The van der Waals surface area contributed by atoms with Crippen LogP contribution in [0.2, 0.25) is 0 Å². The van der Waals surface area contributed by atoms with Gasteiger partial charge in [-0.25, -0.2) is 9.98 Å². The molecule has 0 unspecified atom stereocenters. The van der Waals surface area contributed by atoms with Crippen molar-refractivity contribution in [1.29, 1.82) is 0 Å². The highest BCUT2D eigenvalue weighted by atomic mass is 127. The maximum atomic E-state index is 4.66. The van der Waals surface area contributed by atoms with Gasteiger partial charge in [-0.1, -0.05) is 13.8 Å². The number of thiophene rings is 1. The average Bonchev–Trinajstić information content (AvgIpc) is 3.18. The van der Waals surface area contributed by atoms with Crippen molar-refractivity contribution in [3.8, 4) is 0 Å². The van der Waals surface area contributed by atoms with Crippen LogP contribution in [0.25, 0.3) is 0 Å². The van der Waals surface area contributed by atoms with Gasteiger partial charge in [0.15, 0.2) is 5.96 Å². The van der Waals surface area contributed by atoms with E-state index in [-0.39, 0.29) is 24.0 Å². The molecule has 0 aliphatic heterocycles. The van der Waals surface area contributed by atoms with Crippen LogP contribution in [0.1, 0.15) is 40.4 Å². The van der Waals surface area contributed by atoms with Crippen LogP contribution in [0.3, 0.4) is 0 Å². The molecule has 128 valence electrons. The van der Waals surface area contributed by atoms with Crippen LogP contribution in [-0.2, 0) is 25.9 Å². The minimum absolute atomic E-state index is 0. The number of aliphatic imine (C=N–C) groups is 1. The summed E-state index contributed by atoms with van der Waals surface area (Å²) in [4.78, 5) is 13.1. The van der Waals surface area contributed by atoms with Crippen molar-refractivity contribution in [2.24, 2.45) is 4.99 Å². The lowest BCUT2D eigenvalue weighted by Gasteiger charge is -2.09. The van der Waals surface area contributed by atoms with E-state index in [4.69, 9.17) is 0 Å². The number of halogens is 1. The van der Waals surface area contributed by atoms with Gasteiger partial charge in [-0.3, -0.25) is 0 Å². The van der Waals surface area contributed by atoms with Crippen molar-refractivity contribution in [2.45, 2.75) is 46.7 Å². The monoisotopic (exact) mass is 464 g/mol. The van der Waals surface area contributed by atoms with Gasteiger partial charge in [0.05, 0.1) is 13.1 Å². The second-order valence-electron chi connectivity index (χ2n) is 4.84. The molecular weight excluding hydrogens is 439 g/mol. The summed E-state index contributed by atoms with van der Waals surface area (Å²) < 4.78 is 0. The SMILES string of the molecule is CCNC(=NCc1ccc(CC)s1)NCc1ncc(CC)s1.I. The molecule has 0 amide bonds. The van der Waals surface area contributed by atoms with Gasteiger partial charge in [0.2, 0.25) is 0 Å². The molecule has 0 spiro atoms. The number of guanidine groups is 1. The first kappa shape index (κ1) is 20.4. The molecule has 0 aliphatic carbocycles. The van der Waals surface area contributed by atoms with Crippen molar-refractivity contribution in [2.75, 3.05) is 6.54 Å². The first-order chi connectivity index (χ1) is 10.7. The van der Waals surface area contributed by atoms with E-state index in [2.05, 4.69) is 53.5 Å². The average molecular weight is 464 g/mol. The maximum absolute atomic E-state index is 4.66. The molecule has 2 N–H and O–H groups in total. The minimum atomic E-state index is 0. The molecule has 0 radical (unpaired) electrons. The smallest absolute Gasteiger partial charge is 0.191 e. The summed E-state index contributed by atoms with van der Waals surface area (Å²) in [7, 11) is 0. The Labute approximate surface area is 163 Å². The predicted octanol–water partition coefficient (Wildman–Crippen LogP) is 4.20. The van der Waals surface area contributed by atoms with Crippen LogP contribution in [0, 0.1) is 0 Å². The Bertz CT molecular complexity index is 607. The summed E-state index contributed by atoms with van der Waals surface area (Å²) in [5.74, 6) is 0.849. The lowest BCUT2D eigenvalue weighted by Crippen LogP contribution is -2.36. The minimum Gasteiger partial charge on any atom is -0.357 e. The van der Waals surface area contributed by atoms with Gasteiger partial charge in [-0.2, -0.15) is 0 Å². The zero-order valence-electron chi connectivity index (χ0n) is 13.9. The zero-order chi connectivity index (χ0) is 15.8. The van der Waals surface area contributed by atoms with E-state index in [0.29, 0.717) is 0 Å². The second-order valence-corrected chi connectivity index (χ2v) is 7.30. The number of nitrogens with one attached hydrogen (secondary N) is 2. The predicted molar refractivity (Wildman–Crippen MR) is 112 cm³/mol. The molecule has 2 aromatic rings. The Kier molecular flexibility index (Phi) is 9.73. The number of aromatic nitrogens is 1. The van der Waals surface area contributed by atoms with Crippen molar-refractivity contribution < 1.29 is 0 Å². The summed E-state index contributed by atoms with van der Waals surface area (Å²) >= 11 is 3.60. The fraction of sp³-hybridized carbons (Fsp3) is 0.500.